The zero-order valence-corrected chi connectivity index (χ0v) is 15.6. The van der Waals surface area contributed by atoms with Crippen LogP contribution in [-0.2, 0) is 19.9 Å². The van der Waals surface area contributed by atoms with Gasteiger partial charge in [0.1, 0.15) is 11.1 Å². The van der Waals surface area contributed by atoms with Crippen LogP contribution in [-0.4, -0.2) is 15.7 Å². The number of fused-ring (bicyclic) bond motifs is 1. The molecule has 5 nitrogen and oxygen atoms in total. The van der Waals surface area contributed by atoms with Crippen molar-refractivity contribution in [3.63, 3.8) is 0 Å². The van der Waals surface area contributed by atoms with Crippen molar-refractivity contribution in [3.05, 3.63) is 31.9 Å². The summed E-state index contributed by atoms with van der Waals surface area (Å²) in [5, 5.41) is 17.3. The molecule has 2 heterocycles. The number of aromatic nitrogens is 2. The van der Waals surface area contributed by atoms with E-state index in [0.717, 1.165) is 30.5 Å². The molecule has 0 aliphatic heterocycles. The standard InChI is InChI=1S/C16H17BrN4OS/c1-8-4-5-10-11(7-18)16(23-12(10)6-8)19-15(22)14-13(17)9(2)21(3)20-14/h8H,4-6H2,1-3H3,(H,19,22). The Hall–Kier alpha value is -1.65. The van der Waals surface area contributed by atoms with Gasteiger partial charge in [0.15, 0.2) is 5.69 Å². The minimum Gasteiger partial charge on any atom is -0.311 e. The molecular weight excluding hydrogens is 376 g/mol. The van der Waals surface area contributed by atoms with Crippen molar-refractivity contribution in [2.75, 3.05) is 5.32 Å². The molecule has 0 spiro atoms. The highest BCUT2D eigenvalue weighted by atomic mass is 79.9. The van der Waals surface area contributed by atoms with Crippen LogP contribution < -0.4 is 5.32 Å². The third-order valence-electron chi connectivity index (χ3n) is 4.33. The molecule has 1 unspecified atom stereocenters. The zero-order chi connectivity index (χ0) is 16.7. The van der Waals surface area contributed by atoms with E-state index >= 15 is 0 Å². The van der Waals surface area contributed by atoms with Gasteiger partial charge in [-0.25, -0.2) is 0 Å². The van der Waals surface area contributed by atoms with Crippen molar-refractivity contribution < 1.29 is 4.79 Å². The number of aryl methyl sites for hydroxylation is 1. The van der Waals surface area contributed by atoms with E-state index in [1.54, 1.807) is 11.7 Å². The molecule has 0 bridgehead atoms. The normalized spacial score (nSPS) is 16.7. The number of hydrogen-bond acceptors (Lipinski definition) is 4. The predicted molar refractivity (Wildman–Crippen MR) is 93.8 cm³/mol. The van der Waals surface area contributed by atoms with Crippen LogP contribution in [0.3, 0.4) is 0 Å². The topological polar surface area (TPSA) is 70.7 Å². The summed E-state index contributed by atoms with van der Waals surface area (Å²) in [6.07, 6.45) is 2.99. The molecule has 1 aliphatic carbocycles. The maximum absolute atomic E-state index is 12.5. The number of amides is 1. The lowest BCUT2D eigenvalue weighted by Crippen LogP contribution is -2.13. The fourth-order valence-electron chi connectivity index (χ4n) is 2.85. The molecule has 1 aliphatic rings. The zero-order valence-electron chi connectivity index (χ0n) is 13.2. The molecule has 2 aromatic heterocycles. The second-order valence-corrected chi connectivity index (χ2v) is 7.89. The third kappa shape index (κ3) is 2.81. The molecule has 0 fully saturated rings. The second kappa shape index (κ2) is 6.10. The average Bonchev–Trinajstić information content (AvgIpc) is 2.98. The molecule has 1 atom stereocenters. The smallest absolute Gasteiger partial charge is 0.277 e. The molecule has 2 aromatic rings. The maximum Gasteiger partial charge on any atom is 0.277 e. The highest BCUT2D eigenvalue weighted by Crippen LogP contribution is 2.39. The lowest BCUT2D eigenvalue weighted by Gasteiger charge is -2.17. The molecule has 0 radical (unpaired) electrons. The van der Waals surface area contributed by atoms with Gasteiger partial charge in [0.25, 0.3) is 5.91 Å². The largest absolute Gasteiger partial charge is 0.311 e. The van der Waals surface area contributed by atoms with E-state index in [1.165, 1.54) is 16.2 Å². The van der Waals surface area contributed by atoms with Crippen LogP contribution in [0.15, 0.2) is 4.47 Å². The highest BCUT2D eigenvalue weighted by molar-refractivity contribution is 9.10. The van der Waals surface area contributed by atoms with Crippen LogP contribution >= 0.6 is 27.3 Å². The third-order valence-corrected chi connectivity index (χ3v) is 6.45. The first-order valence-electron chi connectivity index (χ1n) is 7.47. The number of thiophene rings is 1. The fraction of sp³-hybridized carbons (Fsp3) is 0.438. The van der Waals surface area contributed by atoms with E-state index in [1.807, 2.05) is 6.92 Å². The van der Waals surface area contributed by atoms with Crippen LogP contribution in [0, 0.1) is 24.2 Å². The van der Waals surface area contributed by atoms with Crippen molar-refractivity contribution in [2.24, 2.45) is 13.0 Å². The second-order valence-electron chi connectivity index (χ2n) is 5.99. The van der Waals surface area contributed by atoms with E-state index in [9.17, 15) is 10.1 Å². The SMILES string of the molecule is Cc1c(Br)c(C(=O)Nc2sc3c(c2C#N)CCC(C)C3)nn1C. The monoisotopic (exact) mass is 392 g/mol. The summed E-state index contributed by atoms with van der Waals surface area (Å²) in [7, 11) is 1.79. The number of anilines is 1. The molecule has 0 saturated carbocycles. The van der Waals surface area contributed by atoms with Crippen molar-refractivity contribution in [3.8, 4) is 6.07 Å². The maximum atomic E-state index is 12.5. The first kappa shape index (κ1) is 16.2. The van der Waals surface area contributed by atoms with E-state index in [0.29, 0.717) is 26.6 Å². The van der Waals surface area contributed by atoms with E-state index in [-0.39, 0.29) is 5.91 Å². The Balaban J connectivity index is 1.93. The summed E-state index contributed by atoms with van der Waals surface area (Å²) in [5.41, 5.74) is 2.96. The molecule has 1 N–H and O–H groups in total. The van der Waals surface area contributed by atoms with Crippen LogP contribution in [0.2, 0.25) is 0 Å². The summed E-state index contributed by atoms with van der Waals surface area (Å²) in [6.45, 7) is 4.11. The lowest BCUT2D eigenvalue weighted by molar-refractivity contribution is 0.102. The molecule has 7 heteroatoms. The van der Waals surface area contributed by atoms with Gasteiger partial charge in [0.05, 0.1) is 15.7 Å². The molecule has 1 amide bonds. The Bertz CT molecular complexity index is 830. The van der Waals surface area contributed by atoms with Gasteiger partial charge in [-0.1, -0.05) is 6.92 Å². The van der Waals surface area contributed by atoms with Gasteiger partial charge in [-0.05, 0) is 53.6 Å². The van der Waals surface area contributed by atoms with Gasteiger partial charge >= 0.3 is 0 Å². The highest BCUT2D eigenvalue weighted by Gasteiger charge is 2.26. The van der Waals surface area contributed by atoms with E-state index in [2.05, 4.69) is 39.3 Å². The van der Waals surface area contributed by atoms with Crippen molar-refractivity contribution in [1.29, 1.82) is 5.26 Å². The van der Waals surface area contributed by atoms with Crippen LogP contribution in [0.1, 0.15) is 45.5 Å². The minimum absolute atomic E-state index is 0.288. The van der Waals surface area contributed by atoms with Gasteiger partial charge in [-0.2, -0.15) is 10.4 Å². The number of carbonyl (C=O) groups excluding carboxylic acids is 1. The number of nitrogens with one attached hydrogen (secondary N) is 1. The number of nitrogens with zero attached hydrogens (tertiary/aromatic N) is 3. The summed E-state index contributed by atoms with van der Waals surface area (Å²) in [5.74, 6) is 0.340. The molecule has 120 valence electrons. The fourth-order valence-corrected chi connectivity index (χ4v) is 4.72. The van der Waals surface area contributed by atoms with Gasteiger partial charge in [0, 0.05) is 11.9 Å². The van der Waals surface area contributed by atoms with Crippen LogP contribution in [0.25, 0.3) is 0 Å². The Kier molecular flexibility index (Phi) is 4.30. The van der Waals surface area contributed by atoms with Gasteiger partial charge in [-0.3, -0.25) is 9.48 Å². The molecular formula is C16H17BrN4OS. The predicted octanol–water partition coefficient (Wildman–Crippen LogP) is 3.80. The molecule has 0 saturated heterocycles. The van der Waals surface area contributed by atoms with E-state index < -0.39 is 0 Å². The number of rotatable bonds is 2. The van der Waals surface area contributed by atoms with E-state index in [4.69, 9.17) is 0 Å². The Morgan fingerprint density at radius 1 is 1.57 bits per heavy atom. The van der Waals surface area contributed by atoms with Crippen molar-refractivity contribution in [1.82, 2.24) is 9.78 Å². The van der Waals surface area contributed by atoms with Gasteiger partial charge < -0.3 is 5.32 Å². The summed E-state index contributed by atoms with van der Waals surface area (Å²) < 4.78 is 2.34. The molecule has 3 rings (SSSR count). The Morgan fingerprint density at radius 2 is 2.30 bits per heavy atom. The number of hydrogen-bond donors (Lipinski definition) is 1. The van der Waals surface area contributed by atoms with Crippen molar-refractivity contribution >= 4 is 38.2 Å². The molecule has 23 heavy (non-hydrogen) atoms. The first-order valence-corrected chi connectivity index (χ1v) is 9.08. The lowest BCUT2D eigenvalue weighted by atomic mass is 9.89. The summed E-state index contributed by atoms with van der Waals surface area (Å²) >= 11 is 4.94. The molecule has 0 aromatic carbocycles. The van der Waals surface area contributed by atoms with Crippen molar-refractivity contribution in [2.45, 2.75) is 33.1 Å². The minimum atomic E-state index is -0.288. The van der Waals surface area contributed by atoms with Gasteiger partial charge in [0.2, 0.25) is 0 Å². The summed E-state index contributed by atoms with van der Waals surface area (Å²) in [6, 6.07) is 2.26. The summed E-state index contributed by atoms with van der Waals surface area (Å²) in [4.78, 5) is 13.8. The van der Waals surface area contributed by atoms with Crippen LogP contribution in [0.5, 0.6) is 0 Å². The van der Waals surface area contributed by atoms with Gasteiger partial charge in [-0.15, -0.1) is 11.3 Å². The first-order chi connectivity index (χ1) is 10.9. The number of nitriles is 1. The number of carbonyl (C=O) groups is 1. The Labute approximate surface area is 147 Å². The van der Waals surface area contributed by atoms with Crippen LogP contribution in [0.4, 0.5) is 5.00 Å². The average molecular weight is 393 g/mol. The quantitative estimate of drug-likeness (QED) is 0.844. The number of halogens is 1. The Morgan fingerprint density at radius 3 is 2.91 bits per heavy atom.